The smallest absolute Gasteiger partial charge is 0.350 e. The van der Waals surface area contributed by atoms with Gasteiger partial charge in [0.1, 0.15) is 0 Å². The molecule has 0 spiro atoms. The second-order valence-electron chi connectivity index (χ2n) is 4.34. The zero-order chi connectivity index (χ0) is 13.9. The maximum Gasteiger partial charge on any atom is 0.350 e. The monoisotopic (exact) mass is 288 g/mol. The Kier molecular flexibility index (Phi) is 3.43. The van der Waals surface area contributed by atoms with Gasteiger partial charge in [-0.3, -0.25) is 4.40 Å². The van der Waals surface area contributed by atoms with Gasteiger partial charge >= 0.3 is 5.69 Å². The molecule has 2 heterocycles. The minimum atomic E-state index is -0.137. The molecule has 3 rings (SSSR count). The van der Waals surface area contributed by atoms with E-state index >= 15 is 0 Å². The van der Waals surface area contributed by atoms with E-state index < -0.39 is 0 Å². The number of hydrogen-bond acceptors (Lipinski definition) is 3. The minimum Gasteiger partial charge on any atom is -0.382 e. The quantitative estimate of drug-likeness (QED) is 0.801. The summed E-state index contributed by atoms with van der Waals surface area (Å²) in [7, 11) is 0. The SMILES string of the molecule is O=c1n(CCNc2ccccc2Cl)nc2ccccn12. The molecule has 0 aliphatic heterocycles. The first kappa shape index (κ1) is 12.7. The highest BCUT2D eigenvalue weighted by Crippen LogP contribution is 2.19. The molecule has 0 aliphatic rings. The predicted octanol–water partition coefficient (Wildman–Crippen LogP) is 2.26. The molecule has 6 heteroatoms. The van der Waals surface area contributed by atoms with E-state index in [1.54, 1.807) is 12.3 Å². The zero-order valence-corrected chi connectivity index (χ0v) is 11.4. The van der Waals surface area contributed by atoms with Gasteiger partial charge in [0, 0.05) is 12.7 Å². The Morgan fingerprint density at radius 3 is 2.75 bits per heavy atom. The fourth-order valence-electron chi connectivity index (χ4n) is 2.01. The molecule has 2 aromatic heterocycles. The second-order valence-corrected chi connectivity index (χ2v) is 4.75. The number of pyridine rings is 1. The third-order valence-corrected chi connectivity index (χ3v) is 3.33. The zero-order valence-electron chi connectivity index (χ0n) is 10.7. The lowest BCUT2D eigenvalue weighted by Gasteiger charge is -2.07. The Bertz CT molecular complexity index is 793. The highest BCUT2D eigenvalue weighted by Gasteiger charge is 2.05. The first-order chi connectivity index (χ1) is 9.75. The number of nitrogens with zero attached hydrogens (tertiary/aromatic N) is 3. The van der Waals surface area contributed by atoms with Gasteiger partial charge in [-0.1, -0.05) is 29.8 Å². The van der Waals surface area contributed by atoms with Gasteiger partial charge in [-0.15, -0.1) is 5.10 Å². The summed E-state index contributed by atoms with van der Waals surface area (Å²) >= 11 is 6.05. The van der Waals surface area contributed by atoms with Gasteiger partial charge in [0.25, 0.3) is 0 Å². The molecule has 0 saturated carbocycles. The molecule has 0 bridgehead atoms. The number of rotatable bonds is 4. The molecule has 5 nitrogen and oxygen atoms in total. The number of fused-ring (bicyclic) bond motifs is 1. The van der Waals surface area contributed by atoms with Crippen LogP contribution >= 0.6 is 11.6 Å². The Morgan fingerprint density at radius 1 is 1.15 bits per heavy atom. The lowest BCUT2D eigenvalue weighted by Crippen LogP contribution is -2.24. The summed E-state index contributed by atoms with van der Waals surface area (Å²) in [6.07, 6.45) is 1.71. The molecule has 1 N–H and O–H groups in total. The van der Waals surface area contributed by atoms with Crippen LogP contribution in [0.25, 0.3) is 5.65 Å². The van der Waals surface area contributed by atoms with Crippen molar-refractivity contribution in [1.82, 2.24) is 14.2 Å². The lowest BCUT2D eigenvalue weighted by molar-refractivity contribution is 0.614. The van der Waals surface area contributed by atoms with E-state index in [0.717, 1.165) is 5.69 Å². The van der Waals surface area contributed by atoms with E-state index in [9.17, 15) is 4.79 Å². The van der Waals surface area contributed by atoms with Crippen LogP contribution in [0, 0.1) is 0 Å². The lowest BCUT2D eigenvalue weighted by atomic mass is 10.3. The summed E-state index contributed by atoms with van der Waals surface area (Å²) in [6, 6.07) is 13.0. The summed E-state index contributed by atoms with van der Waals surface area (Å²) in [6.45, 7) is 1.05. The van der Waals surface area contributed by atoms with Gasteiger partial charge in [0.15, 0.2) is 5.65 Å². The van der Waals surface area contributed by atoms with E-state index in [0.29, 0.717) is 23.8 Å². The number of anilines is 1. The van der Waals surface area contributed by atoms with Crippen molar-refractivity contribution in [2.24, 2.45) is 0 Å². The van der Waals surface area contributed by atoms with Gasteiger partial charge in [-0.05, 0) is 24.3 Å². The first-order valence-corrected chi connectivity index (χ1v) is 6.66. The first-order valence-electron chi connectivity index (χ1n) is 6.28. The average Bonchev–Trinajstić information content (AvgIpc) is 2.78. The van der Waals surface area contributed by atoms with Crippen molar-refractivity contribution in [3.8, 4) is 0 Å². The standard InChI is InChI=1S/C14H13ClN4O/c15-11-5-1-2-6-12(11)16-8-10-19-14(20)18-9-4-3-7-13(18)17-19/h1-7,9,16H,8,10H2. The van der Waals surface area contributed by atoms with Crippen LogP contribution in [0.4, 0.5) is 5.69 Å². The van der Waals surface area contributed by atoms with Gasteiger partial charge in [0.05, 0.1) is 17.3 Å². The number of para-hydroxylation sites is 1. The van der Waals surface area contributed by atoms with Crippen LogP contribution in [-0.4, -0.2) is 20.7 Å². The highest BCUT2D eigenvalue weighted by atomic mass is 35.5. The largest absolute Gasteiger partial charge is 0.382 e. The molecule has 0 unspecified atom stereocenters. The van der Waals surface area contributed by atoms with E-state index in [1.165, 1.54) is 9.08 Å². The summed E-state index contributed by atoms with van der Waals surface area (Å²) < 4.78 is 2.97. The molecule has 0 aliphatic carbocycles. The van der Waals surface area contributed by atoms with Crippen molar-refractivity contribution in [2.45, 2.75) is 6.54 Å². The fourth-order valence-corrected chi connectivity index (χ4v) is 2.22. The van der Waals surface area contributed by atoms with E-state index in [2.05, 4.69) is 10.4 Å². The molecule has 0 radical (unpaired) electrons. The second kappa shape index (κ2) is 5.38. The molecule has 1 aromatic carbocycles. The van der Waals surface area contributed by atoms with E-state index in [-0.39, 0.29) is 5.69 Å². The summed E-state index contributed by atoms with van der Waals surface area (Å²) in [4.78, 5) is 12.0. The van der Waals surface area contributed by atoms with Crippen LogP contribution in [0.5, 0.6) is 0 Å². The predicted molar refractivity (Wildman–Crippen MR) is 79.4 cm³/mol. The molecule has 0 fully saturated rings. The molecule has 0 amide bonds. The number of halogens is 1. The van der Waals surface area contributed by atoms with Crippen LogP contribution in [0.2, 0.25) is 5.02 Å². The molecular weight excluding hydrogens is 276 g/mol. The van der Waals surface area contributed by atoms with Gasteiger partial charge in [-0.25, -0.2) is 9.48 Å². The Hall–Kier alpha value is -2.27. The molecule has 20 heavy (non-hydrogen) atoms. The maximum atomic E-state index is 12.0. The van der Waals surface area contributed by atoms with Gasteiger partial charge in [0.2, 0.25) is 0 Å². The molecular formula is C14H13ClN4O. The number of hydrogen-bond donors (Lipinski definition) is 1. The third-order valence-electron chi connectivity index (χ3n) is 3.00. The molecule has 3 aromatic rings. The fraction of sp³-hybridized carbons (Fsp3) is 0.143. The normalized spacial score (nSPS) is 10.8. The van der Waals surface area contributed by atoms with Crippen LogP contribution in [0.15, 0.2) is 53.5 Å². The van der Waals surface area contributed by atoms with Gasteiger partial charge < -0.3 is 5.32 Å². The summed E-state index contributed by atoms with van der Waals surface area (Å²) in [5.74, 6) is 0. The molecule has 0 saturated heterocycles. The van der Waals surface area contributed by atoms with Crippen molar-refractivity contribution in [1.29, 1.82) is 0 Å². The topological polar surface area (TPSA) is 51.3 Å². The third kappa shape index (κ3) is 2.40. The minimum absolute atomic E-state index is 0.137. The van der Waals surface area contributed by atoms with E-state index in [1.807, 2.05) is 36.4 Å². The van der Waals surface area contributed by atoms with E-state index in [4.69, 9.17) is 11.6 Å². The number of aromatic nitrogens is 3. The maximum absolute atomic E-state index is 12.0. The highest BCUT2D eigenvalue weighted by molar-refractivity contribution is 6.33. The number of benzene rings is 1. The Labute approximate surface area is 120 Å². The van der Waals surface area contributed by atoms with Gasteiger partial charge in [-0.2, -0.15) is 0 Å². The molecule has 102 valence electrons. The molecule has 0 atom stereocenters. The Balaban J connectivity index is 1.73. The van der Waals surface area contributed by atoms with Crippen LogP contribution in [0.1, 0.15) is 0 Å². The van der Waals surface area contributed by atoms with Crippen LogP contribution < -0.4 is 11.0 Å². The van der Waals surface area contributed by atoms with Crippen molar-refractivity contribution < 1.29 is 0 Å². The average molecular weight is 289 g/mol. The van der Waals surface area contributed by atoms with Crippen LogP contribution in [0.3, 0.4) is 0 Å². The van der Waals surface area contributed by atoms with Crippen molar-refractivity contribution in [3.05, 3.63) is 64.2 Å². The van der Waals surface area contributed by atoms with Crippen molar-refractivity contribution in [2.75, 3.05) is 11.9 Å². The van der Waals surface area contributed by atoms with Crippen molar-refractivity contribution >= 4 is 22.9 Å². The van der Waals surface area contributed by atoms with Crippen LogP contribution in [-0.2, 0) is 6.54 Å². The summed E-state index contributed by atoms with van der Waals surface area (Å²) in [5, 5.41) is 8.11. The van der Waals surface area contributed by atoms with Crippen molar-refractivity contribution in [3.63, 3.8) is 0 Å². The number of nitrogens with one attached hydrogen (secondary N) is 1. The summed E-state index contributed by atoms with van der Waals surface area (Å²) in [5.41, 5.74) is 1.36. The Morgan fingerprint density at radius 2 is 1.95 bits per heavy atom.